The second kappa shape index (κ2) is 11.9. The summed E-state index contributed by atoms with van der Waals surface area (Å²) in [7, 11) is 0. The van der Waals surface area contributed by atoms with Gasteiger partial charge in [-0.1, -0.05) is 55.3 Å². The van der Waals surface area contributed by atoms with E-state index in [4.69, 9.17) is 0 Å². The number of phenolic OH excluding ortho intramolecular Hbond substituents is 1. The van der Waals surface area contributed by atoms with Crippen molar-refractivity contribution >= 4 is 23.6 Å². The molecule has 4 rings (SSSR count). The summed E-state index contributed by atoms with van der Waals surface area (Å²) in [6.45, 7) is 1.32. The number of phenols is 1. The van der Waals surface area contributed by atoms with Crippen LogP contribution in [-0.4, -0.2) is 51.6 Å². The summed E-state index contributed by atoms with van der Waals surface area (Å²) in [5.41, 5.74) is 3.47. The number of aliphatic hydroxyl groups is 3. The number of para-hydroxylation sites is 1. The molecule has 1 fully saturated rings. The molecule has 0 saturated carbocycles. The highest BCUT2D eigenvalue weighted by Gasteiger charge is 2.55. The van der Waals surface area contributed by atoms with E-state index in [2.05, 4.69) is 6.92 Å². The van der Waals surface area contributed by atoms with Gasteiger partial charge in [-0.2, -0.15) is 0 Å². The number of carbonyl (C=O) groups excluding carboxylic acids is 2. The van der Waals surface area contributed by atoms with E-state index in [1.807, 2.05) is 12.1 Å². The molecule has 4 atom stereocenters. The van der Waals surface area contributed by atoms with Gasteiger partial charge >= 0.3 is 0 Å². The van der Waals surface area contributed by atoms with Gasteiger partial charge < -0.3 is 20.4 Å². The smallest absolute Gasteiger partial charge is 0.238 e. The lowest BCUT2D eigenvalue weighted by atomic mass is 9.68. The molecule has 0 unspecified atom stereocenters. The summed E-state index contributed by atoms with van der Waals surface area (Å²) in [5, 5.41) is 41.6. The number of imide groups is 1. The van der Waals surface area contributed by atoms with E-state index in [1.165, 1.54) is 4.90 Å². The molecule has 37 heavy (non-hydrogen) atoms. The number of hydrogen-bond donors (Lipinski definition) is 4. The maximum absolute atomic E-state index is 13.5. The minimum atomic E-state index is -0.974. The fourth-order valence-corrected chi connectivity index (χ4v) is 5.86. The van der Waals surface area contributed by atoms with Crippen molar-refractivity contribution in [1.82, 2.24) is 0 Å². The zero-order valence-electron chi connectivity index (χ0n) is 21.1. The third-order valence-electron chi connectivity index (χ3n) is 7.50. The molecule has 2 aliphatic rings. The molecule has 196 valence electrons. The summed E-state index contributed by atoms with van der Waals surface area (Å²) >= 11 is 0. The zero-order valence-corrected chi connectivity index (χ0v) is 21.1. The van der Waals surface area contributed by atoms with Gasteiger partial charge in [-0.05, 0) is 66.7 Å². The summed E-state index contributed by atoms with van der Waals surface area (Å²) in [6, 6.07) is 15.7. The molecule has 0 aromatic heterocycles. The number of benzene rings is 2. The maximum atomic E-state index is 13.5. The van der Waals surface area contributed by atoms with Crippen LogP contribution < -0.4 is 4.90 Å². The number of anilines is 1. The Morgan fingerprint density at radius 3 is 2.46 bits per heavy atom. The Hall–Kier alpha value is -3.26. The van der Waals surface area contributed by atoms with E-state index in [0.717, 1.165) is 24.0 Å². The van der Waals surface area contributed by atoms with Gasteiger partial charge in [-0.25, -0.2) is 0 Å². The van der Waals surface area contributed by atoms with Crippen LogP contribution in [0.2, 0.25) is 0 Å². The standard InChI is InChI=1S/C30H35NO6/c1-2-7-19(14-20-8-6-11-23(34)15-20)12-13-26(35)27-21(17-32)16-24-28(25(27)18-33)30(37)31(29(24)36)22-9-4-3-5-10-22/h3-6,8-11,14-15,24-26,28,32-35H,2,7,12-13,16-18H2,1H3/b19-14+/t24-,25+,26-,28-/m1/s1. The Morgan fingerprint density at radius 2 is 1.81 bits per heavy atom. The van der Waals surface area contributed by atoms with Crippen LogP contribution in [0.5, 0.6) is 5.75 Å². The van der Waals surface area contributed by atoms with Crippen molar-refractivity contribution in [3.05, 3.63) is 76.9 Å². The number of aromatic hydroxyl groups is 1. The first kappa shape index (κ1) is 26.8. The van der Waals surface area contributed by atoms with Crippen LogP contribution in [-0.2, 0) is 9.59 Å². The minimum Gasteiger partial charge on any atom is -0.508 e. The van der Waals surface area contributed by atoms with Crippen LogP contribution in [0.3, 0.4) is 0 Å². The number of amides is 2. The maximum Gasteiger partial charge on any atom is 0.238 e. The van der Waals surface area contributed by atoms with Gasteiger partial charge in [0.25, 0.3) is 0 Å². The summed E-state index contributed by atoms with van der Waals surface area (Å²) < 4.78 is 0. The molecule has 2 amide bonds. The van der Waals surface area contributed by atoms with E-state index in [1.54, 1.807) is 48.5 Å². The van der Waals surface area contributed by atoms with E-state index in [0.29, 0.717) is 29.7 Å². The largest absolute Gasteiger partial charge is 0.508 e. The number of carbonyl (C=O) groups is 2. The second-order valence-corrected chi connectivity index (χ2v) is 9.89. The molecule has 0 bridgehead atoms. The van der Waals surface area contributed by atoms with Crippen molar-refractivity contribution in [2.24, 2.45) is 17.8 Å². The third-order valence-corrected chi connectivity index (χ3v) is 7.50. The second-order valence-electron chi connectivity index (χ2n) is 9.89. The highest BCUT2D eigenvalue weighted by molar-refractivity contribution is 6.22. The van der Waals surface area contributed by atoms with Crippen molar-refractivity contribution in [3.8, 4) is 5.75 Å². The highest BCUT2D eigenvalue weighted by Crippen LogP contribution is 2.47. The van der Waals surface area contributed by atoms with Crippen LogP contribution in [0.4, 0.5) is 5.69 Å². The molecule has 2 aromatic carbocycles. The fourth-order valence-electron chi connectivity index (χ4n) is 5.86. The minimum absolute atomic E-state index is 0.179. The van der Waals surface area contributed by atoms with Gasteiger partial charge in [0.15, 0.2) is 0 Å². The fraction of sp³-hybridized carbons (Fsp3) is 0.400. The number of fused-ring (bicyclic) bond motifs is 1. The predicted molar refractivity (Wildman–Crippen MR) is 141 cm³/mol. The van der Waals surface area contributed by atoms with Crippen molar-refractivity contribution < 1.29 is 30.0 Å². The molecule has 1 aliphatic heterocycles. The molecule has 1 saturated heterocycles. The van der Waals surface area contributed by atoms with Crippen LogP contribution in [0.15, 0.2) is 71.3 Å². The molecule has 1 heterocycles. The van der Waals surface area contributed by atoms with Gasteiger partial charge in [-0.15, -0.1) is 0 Å². The molecular weight excluding hydrogens is 470 g/mol. The van der Waals surface area contributed by atoms with Crippen LogP contribution in [0, 0.1) is 17.8 Å². The van der Waals surface area contributed by atoms with Gasteiger partial charge in [0.1, 0.15) is 5.75 Å². The molecule has 4 N–H and O–H groups in total. The molecule has 2 aromatic rings. The number of allylic oxidation sites excluding steroid dienone is 1. The van der Waals surface area contributed by atoms with Crippen molar-refractivity contribution in [2.45, 2.75) is 45.1 Å². The van der Waals surface area contributed by atoms with Gasteiger partial charge in [0.05, 0.1) is 36.8 Å². The van der Waals surface area contributed by atoms with Gasteiger partial charge in [-0.3, -0.25) is 14.5 Å². The molecular formula is C30H35NO6. The van der Waals surface area contributed by atoms with E-state index < -0.39 is 30.5 Å². The Kier molecular flexibility index (Phi) is 8.59. The Bertz CT molecular complexity index is 1190. The zero-order chi connectivity index (χ0) is 26.5. The number of aliphatic hydroxyl groups excluding tert-OH is 3. The van der Waals surface area contributed by atoms with Crippen molar-refractivity contribution in [1.29, 1.82) is 0 Å². The lowest BCUT2D eigenvalue weighted by molar-refractivity contribution is -0.123. The lowest BCUT2D eigenvalue weighted by Crippen LogP contribution is -2.39. The molecule has 7 nitrogen and oxygen atoms in total. The van der Waals surface area contributed by atoms with Crippen molar-refractivity contribution in [2.75, 3.05) is 18.1 Å². The van der Waals surface area contributed by atoms with Gasteiger partial charge in [0, 0.05) is 5.92 Å². The van der Waals surface area contributed by atoms with Gasteiger partial charge in [0.2, 0.25) is 11.8 Å². The first-order valence-electron chi connectivity index (χ1n) is 12.9. The summed E-state index contributed by atoms with van der Waals surface area (Å²) in [4.78, 5) is 27.9. The summed E-state index contributed by atoms with van der Waals surface area (Å²) in [5.74, 6) is -2.73. The van der Waals surface area contributed by atoms with E-state index in [-0.39, 0.29) is 30.6 Å². The first-order valence-corrected chi connectivity index (χ1v) is 12.9. The SMILES string of the molecule is CCC/C(=C\c1cccc(O)c1)CC[C@@H](O)C1=C(CO)C[C@H]2C(=O)N(c3ccccc3)C(=O)[C@H]2[C@H]1CO. The van der Waals surface area contributed by atoms with Crippen LogP contribution in [0.1, 0.15) is 44.6 Å². The predicted octanol–water partition coefficient (Wildman–Crippen LogP) is 3.82. The number of rotatable bonds is 10. The number of nitrogens with zero attached hydrogens (tertiary/aromatic N) is 1. The molecule has 7 heteroatoms. The molecule has 0 spiro atoms. The average Bonchev–Trinajstić information content (AvgIpc) is 3.15. The third kappa shape index (κ3) is 5.54. The Labute approximate surface area is 217 Å². The summed E-state index contributed by atoms with van der Waals surface area (Å²) in [6.07, 6.45) is 3.87. The first-order chi connectivity index (χ1) is 17.9. The topological polar surface area (TPSA) is 118 Å². The highest BCUT2D eigenvalue weighted by atomic mass is 16.3. The average molecular weight is 506 g/mol. The van der Waals surface area contributed by atoms with Crippen LogP contribution in [0.25, 0.3) is 6.08 Å². The molecule has 0 radical (unpaired) electrons. The lowest BCUT2D eigenvalue weighted by Gasteiger charge is -2.36. The quantitative estimate of drug-likeness (QED) is 0.288. The van der Waals surface area contributed by atoms with E-state index in [9.17, 15) is 30.0 Å². The number of hydrogen-bond acceptors (Lipinski definition) is 6. The Balaban J connectivity index is 1.58. The molecule has 1 aliphatic carbocycles. The van der Waals surface area contributed by atoms with E-state index >= 15 is 0 Å². The normalized spacial score (nSPS) is 23.0. The Morgan fingerprint density at radius 1 is 1.05 bits per heavy atom. The monoisotopic (exact) mass is 505 g/mol. The van der Waals surface area contributed by atoms with Crippen molar-refractivity contribution in [3.63, 3.8) is 0 Å². The van der Waals surface area contributed by atoms with Crippen LogP contribution >= 0.6 is 0 Å².